The van der Waals surface area contributed by atoms with Gasteiger partial charge in [-0.1, -0.05) is 30.3 Å². The number of rotatable bonds is 4. The molecule has 0 atom stereocenters. The zero-order valence-electron chi connectivity index (χ0n) is 12.2. The zero-order valence-corrected chi connectivity index (χ0v) is 12.2. The summed E-state index contributed by atoms with van der Waals surface area (Å²) in [6.45, 7) is 6.01. The highest BCUT2D eigenvalue weighted by Gasteiger charge is 2.14. The van der Waals surface area contributed by atoms with E-state index in [1.165, 1.54) is 5.56 Å². The summed E-state index contributed by atoms with van der Waals surface area (Å²) in [6, 6.07) is 12.3. The van der Waals surface area contributed by atoms with Crippen molar-refractivity contribution in [3.63, 3.8) is 0 Å². The van der Waals surface area contributed by atoms with Crippen molar-refractivity contribution >= 4 is 11.8 Å². The number of anilines is 2. The van der Waals surface area contributed by atoms with E-state index >= 15 is 0 Å². The lowest BCUT2D eigenvalue weighted by Crippen LogP contribution is -2.37. The summed E-state index contributed by atoms with van der Waals surface area (Å²) in [5, 5.41) is 3.30. The fourth-order valence-corrected chi connectivity index (χ4v) is 2.36. The first-order valence-electron chi connectivity index (χ1n) is 7.27. The van der Waals surface area contributed by atoms with Crippen LogP contribution in [-0.4, -0.2) is 36.3 Å². The van der Waals surface area contributed by atoms with Crippen LogP contribution in [0, 0.1) is 6.92 Å². The minimum atomic E-state index is 0.681. The largest absolute Gasteiger partial charge is 0.378 e. The van der Waals surface area contributed by atoms with Crippen LogP contribution in [0.4, 0.5) is 11.8 Å². The number of aryl methyl sites for hydroxylation is 1. The molecule has 5 nitrogen and oxygen atoms in total. The first-order valence-corrected chi connectivity index (χ1v) is 7.27. The highest BCUT2D eigenvalue weighted by Crippen LogP contribution is 2.16. The van der Waals surface area contributed by atoms with Gasteiger partial charge in [0, 0.05) is 31.4 Å². The minimum Gasteiger partial charge on any atom is -0.378 e. The van der Waals surface area contributed by atoms with Gasteiger partial charge in [-0.3, -0.25) is 0 Å². The molecule has 1 aliphatic heterocycles. The summed E-state index contributed by atoms with van der Waals surface area (Å²) in [4.78, 5) is 11.3. The third-order valence-corrected chi connectivity index (χ3v) is 3.47. The summed E-state index contributed by atoms with van der Waals surface area (Å²) in [6.07, 6.45) is 0. The highest BCUT2D eigenvalue weighted by atomic mass is 16.5. The Hall–Kier alpha value is -2.14. The summed E-state index contributed by atoms with van der Waals surface area (Å²) in [5.74, 6) is 1.65. The molecule has 0 unspecified atom stereocenters. The molecule has 2 heterocycles. The standard InChI is InChI=1S/C16H20N4O/c1-13-11-15(20-7-9-21-10-8-20)19-16(18-13)17-12-14-5-3-2-4-6-14/h2-6,11H,7-10,12H2,1H3,(H,17,18,19). The number of nitrogens with zero attached hydrogens (tertiary/aromatic N) is 3. The van der Waals surface area contributed by atoms with Gasteiger partial charge in [0.05, 0.1) is 13.2 Å². The fraction of sp³-hybridized carbons (Fsp3) is 0.375. The molecular formula is C16H20N4O. The van der Waals surface area contributed by atoms with Gasteiger partial charge >= 0.3 is 0 Å². The van der Waals surface area contributed by atoms with Crippen LogP contribution in [0.1, 0.15) is 11.3 Å². The quantitative estimate of drug-likeness (QED) is 0.933. The maximum atomic E-state index is 5.39. The summed E-state index contributed by atoms with van der Waals surface area (Å²) in [5.41, 5.74) is 2.19. The first kappa shape index (κ1) is 13.8. The number of ether oxygens (including phenoxy) is 1. The Kier molecular flexibility index (Phi) is 4.31. The van der Waals surface area contributed by atoms with Gasteiger partial charge in [0.15, 0.2) is 0 Å². The van der Waals surface area contributed by atoms with Crippen LogP contribution in [0.2, 0.25) is 0 Å². The van der Waals surface area contributed by atoms with Crippen LogP contribution in [0.15, 0.2) is 36.4 Å². The zero-order chi connectivity index (χ0) is 14.5. The average Bonchev–Trinajstić information content (AvgIpc) is 2.54. The molecule has 1 aromatic heterocycles. The molecule has 0 radical (unpaired) electrons. The van der Waals surface area contributed by atoms with Gasteiger partial charge < -0.3 is 15.0 Å². The van der Waals surface area contributed by atoms with Gasteiger partial charge in [-0.15, -0.1) is 0 Å². The lowest BCUT2D eigenvalue weighted by atomic mass is 10.2. The van der Waals surface area contributed by atoms with Gasteiger partial charge in [0.2, 0.25) is 5.95 Å². The second-order valence-electron chi connectivity index (χ2n) is 5.13. The van der Waals surface area contributed by atoms with E-state index < -0.39 is 0 Å². The number of hydrogen-bond acceptors (Lipinski definition) is 5. The van der Waals surface area contributed by atoms with Crippen molar-refractivity contribution in [1.29, 1.82) is 0 Å². The molecule has 0 saturated carbocycles. The molecule has 0 amide bonds. The van der Waals surface area contributed by atoms with Crippen molar-refractivity contribution < 1.29 is 4.74 Å². The Morgan fingerprint density at radius 2 is 1.90 bits per heavy atom. The minimum absolute atomic E-state index is 0.681. The molecule has 0 spiro atoms. The van der Waals surface area contributed by atoms with Gasteiger partial charge in [-0.2, -0.15) is 4.98 Å². The number of nitrogens with one attached hydrogen (secondary N) is 1. The van der Waals surface area contributed by atoms with Crippen LogP contribution < -0.4 is 10.2 Å². The van der Waals surface area contributed by atoms with Crippen LogP contribution in [0.3, 0.4) is 0 Å². The van der Waals surface area contributed by atoms with E-state index in [0.717, 1.165) is 44.4 Å². The van der Waals surface area contributed by atoms with Gasteiger partial charge in [0.1, 0.15) is 5.82 Å². The third-order valence-electron chi connectivity index (χ3n) is 3.47. The van der Waals surface area contributed by atoms with Crippen LogP contribution in [0.25, 0.3) is 0 Å². The van der Waals surface area contributed by atoms with Crippen molar-refractivity contribution in [2.75, 3.05) is 36.5 Å². The van der Waals surface area contributed by atoms with Crippen molar-refractivity contribution in [3.05, 3.63) is 47.7 Å². The lowest BCUT2D eigenvalue weighted by molar-refractivity contribution is 0.122. The Bertz CT molecular complexity index is 582. The molecular weight excluding hydrogens is 264 g/mol. The lowest BCUT2D eigenvalue weighted by Gasteiger charge is -2.28. The van der Waals surface area contributed by atoms with E-state index in [4.69, 9.17) is 4.74 Å². The van der Waals surface area contributed by atoms with E-state index in [1.54, 1.807) is 0 Å². The molecule has 21 heavy (non-hydrogen) atoms. The molecule has 1 fully saturated rings. The molecule has 1 aliphatic rings. The Labute approximate surface area is 125 Å². The van der Waals surface area contributed by atoms with Crippen LogP contribution in [0.5, 0.6) is 0 Å². The molecule has 110 valence electrons. The van der Waals surface area contributed by atoms with E-state index in [0.29, 0.717) is 5.95 Å². The average molecular weight is 284 g/mol. The molecule has 1 N–H and O–H groups in total. The molecule has 3 rings (SSSR count). The Morgan fingerprint density at radius 3 is 2.67 bits per heavy atom. The topological polar surface area (TPSA) is 50.3 Å². The molecule has 0 bridgehead atoms. The molecule has 0 aliphatic carbocycles. The second-order valence-corrected chi connectivity index (χ2v) is 5.13. The Balaban J connectivity index is 1.71. The predicted octanol–water partition coefficient (Wildman–Crippen LogP) is 2.23. The number of aromatic nitrogens is 2. The summed E-state index contributed by atoms with van der Waals surface area (Å²) >= 11 is 0. The Morgan fingerprint density at radius 1 is 1.14 bits per heavy atom. The molecule has 1 saturated heterocycles. The van der Waals surface area contributed by atoms with Crippen LogP contribution in [-0.2, 0) is 11.3 Å². The van der Waals surface area contributed by atoms with Gasteiger partial charge in [0.25, 0.3) is 0 Å². The van der Waals surface area contributed by atoms with Gasteiger partial charge in [-0.05, 0) is 12.5 Å². The van der Waals surface area contributed by atoms with Crippen molar-refractivity contribution in [1.82, 2.24) is 9.97 Å². The number of hydrogen-bond donors (Lipinski definition) is 1. The second kappa shape index (κ2) is 6.54. The molecule has 5 heteroatoms. The van der Waals surface area contributed by atoms with E-state index in [9.17, 15) is 0 Å². The normalized spacial score (nSPS) is 15.0. The monoisotopic (exact) mass is 284 g/mol. The van der Waals surface area contributed by atoms with Crippen molar-refractivity contribution in [2.24, 2.45) is 0 Å². The summed E-state index contributed by atoms with van der Waals surface area (Å²) in [7, 11) is 0. The van der Waals surface area contributed by atoms with Crippen molar-refractivity contribution in [2.45, 2.75) is 13.5 Å². The number of benzene rings is 1. The van der Waals surface area contributed by atoms with E-state index in [2.05, 4.69) is 32.3 Å². The highest BCUT2D eigenvalue weighted by molar-refractivity contribution is 5.45. The fourth-order valence-electron chi connectivity index (χ4n) is 2.36. The smallest absolute Gasteiger partial charge is 0.225 e. The SMILES string of the molecule is Cc1cc(N2CCOCC2)nc(NCc2ccccc2)n1. The predicted molar refractivity (Wildman–Crippen MR) is 83.6 cm³/mol. The van der Waals surface area contributed by atoms with Gasteiger partial charge in [-0.25, -0.2) is 4.98 Å². The maximum Gasteiger partial charge on any atom is 0.225 e. The van der Waals surface area contributed by atoms with Crippen molar-refractivity contribution in [3.8, 4) is 0 Å². The molecule has 1 aromatic carbocycles. The number of morpholine rings is 1. The molecule has 2 aromatic rings. The first-order chi connectivity index (χ1) is 10.3. The van der Waals surface area contributed by atoms with Crippen LogP contribution >= 0.6 is 0 Å². The third kappa shape index (κ3) is 3.70. The van der Waals surface area contributed by atoms with E-state index in [1.807, 2.05) is 31.2 Å². The maximum absolute atomic E-state index is 5.39. The van der Waals surface area contributed by atoms with E-state index in [-0.39, 0.29) is 0 Å². The summed E-state index contributed by atoms with van der Waals surface area (Å²) < 4.78 is 5.39.